The lowest BCUT2D eigenvalue weighted by Gasteiger charge is -2.08. The van der Waals surface area contributed by atoms with Crippen LogP contribution >= 0.6 is 0 Å². The number of nitrogen functional groups attached to an aromatic ring is 1. The second kappa shape index (κ2) is 5.21. The summed E-state index contributed by atoms with van der Waals surface area (Å²) < 4.78 is 6.20. The quantitative estimate of drug-likeness (QED) is 0.662. The Morgan fingerprint density at radius 1 is 1.50 bits per heavy atom. The number of rotatable bonds is 2. The molecule has 98 valence electrons. The van der Waals surface area contributed by atoms with Gasteiger partial charge >= 0.3 is 5.97 Å². The fourth-order valence-electron chi connectivity index (χ4n) is 1.86. The zero-order valence-corrected chi connectivity index (χ0v) is 10.8. The molecule has 1 aromatic carbocycles. The summed E-state index contributed by atoms with van der Waals surface area (Å²) in [6.45, 7) is 0. The van der Waals surface area contributed by atoms with Gasteiger partial charge in [0.1, 0.15) is 6.07 Å². The van der Waals surface area contributed by atoms with Gasteiger partial charge in [0.2, 0.25) is 0 Å². The van der Waals surface area contributed by atoms with Crippen LogP contribution < -0.4 is 5.73 Å². The molecule has 0 aliphatic carbocycles. The third kappa shape index (κ3) is 2.09. The van der Waals surface area contributed by atoms with Gasteiger partial charge in [-0.05, 0) is 18.2 Å². The first-order valence-electron chi connectivity index (χ1n) is 5.68. The molecule has 5 heteroatoms. The molecule has 0 atom stereocenters. The zero-order valence-electron chi connectivity index (χ0n) is 10.8. The van der Waals surface area contributed by atoms with Gasteiger partial charge in [-0.1, -0.05) is 12.0 Å². The number of carbonyl (C=O) groups excluding carboxylic acids is 1. The number of methoxy groups -OCH3 is 1. The van der Waals surface area contributed by atoms with Gasteiger partial charge in [0, 0.05) is 17.4 Å². The van der Waals surface area contributed by atoms with Crippen molar-refractivity contribution in [1.82, 2.24) is 4.57 Å². The Morgan fingerprint density at radius 3 is 2.85 bits per heavy atom. The first kappa shape index (κ1) is 13.3. The van der Waals surface area contributed by atoms with Crippen LogP contribution in [0.5, 0.6) is 0 Å². The van der Waals surface area contributed by atoms with E-state index in [1.54, 1.807) is 24.3 Å². The topological polar surface area (TPSA) is 81.0 Å². The number of nitrogens with zero attached hydrogens (tertiary/aromatic N) is 2. The molecular formula is C15H11N3O2. The Bertz CT molecular complexity index is 760. The number of nitriles is 1. The van der Waals surface area contributed by atoms with Gasteiger partial charge in [0.15, 0.2) is 5.69 Å². The van der Waals surface area contributed by atoms with Crippen molar-refractivity contribution in [3.63, 3.8) is 0 Å². The average molecular weight is 265 g/mol. The molecule has 0 aliphatic heterocycles. The number of ether oxygens (including phenoxy) is 1. The predicted octanol–water partition coefficient (Wildman–Crippen LogP) is 1.70. The monoisotopic (exact) mass is 265 g/mol. The summed E-state index contributed by atoms with van der Waals surface area (Å²) in [7, 11) is 1.25. The summed E-state index contributed by atoms with van der Waals surface area (Å²) in [5.41, 5.74) is 7.51. The van der Waals surface area contributed by atoms with Crippen molar-refractivity contribution in [2.45, 2.75) is 0 Å². The molecule has 1 aromatic heterocycles. The van der Waals surface area contributed by atoms with Crippen molar-refractivity contribution < 1.29 is 9.53 Å². The molecule has 20 heavy (non-hydrogen) atoms. The highest BCUT2D eigenvalue weighted by molar-refractivity contribution is 5.95. The van der Waals surface area contributed by atoms with Crippen molar-refractivity contribution in [3.05, 3.63) is 47.3 Å². The summed E-state index contributed by atoms with van der Waals surface area (Å²) in [6.07, 6.45) is 6.84. The minimum atomic E-state index is -0.616. The Balaban J connectivity index is 2.71. The van der Waals surface area contributed by atoms with E-state index in [0.717, 1.165) is 0 Å². The Hall–Kier alpha value is -3.18. The second-order valence-electron chi connectivity index (χ2n) is 3.97. The lowest BCUT2D eigenvalue weighted by atomic mass is 10.2. The lowest BCUT2D eigenvalue weighted by molar-refractivity contribution is 0.0593. The molecule has 0 fully saturated rings. The number of hydrogen-bond acceptors (Lipinski definition) is 4. The Morgan fingerprint density at radius 2 is 2.25 bits per heavy atom. The number of terminal acetylenes is 1. The summed E-state index contributed by atoms with van der Waals surface area (Å²) >= 11 is 0. The molecule has 2 rings (SSSR count). The van der Waals surface area contributed by atoms with Gasteiger partial charge in [-0.2, -0.15) is 5.26 Å². The van der Waals surface area contributed by atoms with Crippen LogP contribution in [0.4, 0.5) is 5.69 Å². The van der Waals surface area contributed by atoms with Crippen molar-refractivity contribution in [2.75, 3.05) is 12.8 Å². The highest BCUT2D eigenvalue weighted by Gasteiger charge is 2.21. The van der Waals surface area contributed by atoms with Crippen LogP contribution in [0.2, 0.25) is 0 Å². The van der Waals surface area contributed by atoms with E-state index >= 15 is 0 Å². The van der Waals surface area contributed by atoms with E-state index < -0.39 is 5.97 Å². The van der Waals surface area contributed by atoms with Crippen LogP contribution in [0.15, 0.2) is 30.5 Å². The van der Waals surface area contributed by atoms with Gasteiger partial charge in [-0.3, -0.25) is 0 Å². The van der Waals surface area contributed by atoms with Gasteiger partial charge in [0.05, 0.1) is 18.4 Å². The average Bonchev–Trinajstić information content (AvgIpc) is 2.83. The Labute approximate surface area is 116 Å². The number of esters is 1. The third-order valence-electron chi connectivity index (χ3n) is 2.83. The van der Waals surface area contributed by atoms with Crippen LogP contribution in [-0.4, -0.2) is 17.6 Å². The molecular weight excluding hydrogens is 254 g/mol. The van der Waals surface area contributed by atoms with E-state index in [1.807, 2.05) is 6.07 Å². The van der Waals surface area contributed by atoms with Crippen molar-refractivity contribution in [2.24, 2.45) is 0 Å². The van der Waals surface area contributed by atoms with Crippen molar-refractivity contribution in [1.29, 1.82) is 5.26 Å². The van der Waals surface area contributed by atoms with E-state index in [0.29, 0.717) is 11.3 Å². The highest BCUT2D eigenvalue weighted by atomic mass is 16.5. The molecule has 0 unspecified atom stereocenters. The van der Waals surface area contributed by atoms with E-state index in [9.17, 15) is 4.79 Å². The maximum atomic E-state index is 11.8. The predicted molar refractivity (Wildman–Crippen MR) is 74.2 cm³/mol. The first-order chi connectivity index (χ1) is 9.62. The summed E-state index contributed by atoms with van der Waals surface area (Å²) in [5, 5.41) is 9.03. The molecule has 2 N–H and O–H groups in total. The largest absolute Gasteiger partial charge is 0.464 e. The van der Waals surface area contributed by atoms with E-state index in [-0.39, 0.29) is 16.9 Å². The smallest absolute Gasteiger partial charge is 0.357 e. The SMILES string of the molecule is C#Cc1cccc(-n2cc(C#N)c(N)c2C(=O)OC)c1. The molecule has 0 bridgehead atoms. The maximum Gasteiger partial charge on any atom is 0.357 e. The molecule has 0 saturated carbocycles. The normalized spacial score (nSPS) is 9.55. The van der Waals surface area contributed by atoms with Crippen LogP contribution in [0.3, 0.4) is 0 Å². The number of nitrogens with two attached hydrogens (primary N) is 1. The van der Waals surface area contributed by atoms with Gasteiger partial charge in [-0.15, -0.1) is 6.42 Å². The summed E-state index contributed by atoms with van der Waals surface area (Å²) in [4.78, 5) is 11.8. The number of carbonyl (C=O) groups is 1. The van der Waals surface area contributed by atoms with Crippen molar-refractivity contribution >= 4 is 11.7 Å². The lowest BCUT2D eigenvalue weighted by Crippen LogP contribution is -2.11. The molecule has 0 radical (unpaired) electrons. The van der Waals surface area contributed by atoms with Gasteiger partial charge in [0.25, 0.3) is 0 Å². The fourth-order valence-corrected chi connectivity index (χ4v) is 1.86. The minimum Gasteiger partial charge on any atom is -0.464 e. The summed E-state index contributed by atoms with van der Waals surface area (Å²) in [6, 6.07) is 8.93. The molecule has 0 aliphatic rings. The molecule has 2 aromatic rings. The van der Waals surface area contributed by atoms with Crippen molar-refractivity contribution in [3.8, 4) is 24.1 Å². The molecule has 0 saturated heterocycles. The number of hydrogen-bond donors (Lipinski definition) is 1. The fraction of sp³-hybridized carbons (Fsp3) is 0.0667. The van der Waals surface area contributed by atoms with Gasteiger partial charge < -0.3 is 15.0 Å². The van der Waals surface area contributed by atoms with E-state index in [2.05, 4.69) is 5.92 Å². The van der Waals surface area contributed by atoms with Crippen LogP contribution in [0, 0.1) is 23.7 Å². The van der Waals surface area contributed by atoms with E-state index in [1.165, 1.54) is 17.9 Å². The molecule has 1 heterocycles. The van der Waals surface area contributed by atoms with E-state index in [4.69, 9.17) is 22.2 Å². The second-order valence-corrected chi connectivity index (χ2v) is 3.97. The number of benzene rings is 1. The van der Waals surface area contributed by atoms with Crippen LogP contribution in [-0.2, 0) is 4.74 Å². The minimum absolute atomic E-state index is 0.0884. The zero-order chi connectivity index (χ0) is 14.7. The third-order valence-corrected chi connectivity index (χ3v) is 2.83. The molecule has 0 amide bonds. The first-order valence-corrected chi connectivity index (χ1v) is 5.68. The molecule has 5 nitrogen and oxygen atoms in total. The standard InChI is InChI=1S/C15H11N3O2/c1-3-10-5-4-6-12(7-10)18-9-11(8-16)13(17)14(18)15(19)20-2/h1,4-7,9H,17H2,2H3. The summed E-state index contributed by atoms with van der Waals surface area (Å²) in [5.74, 6) is 1.89. The number of aromatic nitrogens is 1. The van der Waals surface area contributed by atoms with Crippen LogP contribution in [0.25, 0.3) is 5.69 Å². The number of anilines is 1. The maximum absolute atomic E-state index is 11.8. The van der Waals surface area contributed by atoms with Crippen LogP contribution in [0.1, 0.15) is 21.6 Å². The molecule has 0 spiro atoms. The van der Waals surface area contributed by atoms with Gasteiger partial charge in [-0.25, -0.2) is 4.79 Å². The Kier molecular flexibility index (Phi) is 3.45. The highest BCUT2D eigenvalue weighted by Crippen LogP contribution is 2.24.